The summed E-state index contributed by atoms with van der Waals surface area (Å²) in [5.41, 5.74) is 2.54. The number of esters is 1. The maximum absolute atomic E-state index is 12.5. The summed E-state index contributed by atoms with van der Waals surface area (Å²) in [6.07, 6.45) is 1.54. The number of phenolic OH excluding ortho intramolecular Hbond substituents is 1. The number of nitrogens with zero attached hydrogens (tertiary/aromatic N) is 3. The highest BCUT2D eigenvalue weighted by Crippen LogP contribution is 2.26. The number of aromatic hydroxyl groups is 1. The van der Waals surface area contributed by atoms with Crippen LogP contribution in [0.5, 0.6) is 17.2 Å². The number of carbonyl (C=O) groups is 1. The number of ether oxygens (including phenoxy) is 3. The molecule has 190 valence electrons. The summed E-state index contributed by atoms with van der Waals surface area (Å²) in [7, 11) is 1.57. The minimum Gasteiger partial charge on any atom is -0.508 e. The summed E-state index contributed by atoms with van der Waals surface area (Å²) in [4.78, 5) is 21.5. The maximum Gasteiger partial charge on any atom is 0.342 e. The van der Waals surface area contributed by atoms with Crippen LogP contribution in [0.2, 0.25) is 0 Å². The molecule has 8 heteroatoms. The molecule has 0 unspecified atom stereocenters. The van der Waals surface area contributed by atoms with Crippen LogP contribution >= 0.6 is 0 Å². The topological polar surface area (TPSA) is 84.4 Å². The molecule has 1 aromatic heterocycles. The third-order valence-corrected chi connectivity index (χ3v) is 5.99. The van der Waals surface area contributed by atoms with E-state index in [0.717, 1.165) is 49.6 Å². The second-order valence-electron chi connectivity index (χ2n) is 9.02. The molecule has 1 N–H and O–H groups in total. The summed E-state index contributed by atoms with van der Waals surface area (Å²) in [5, 5.41) is 9.64. The van der Waals surface area contributed by atoms with Gasteiger partial charge in [-0.15, -0.1) is 0 Å². The van der Waals surface area contributed by atoms with Gasteiger partial charge in [0.15, 0.2) is 0 Å². The summed E-state index contributed by atoms with van der Waals surface area (Å²) in [6, 6.07) is 16.6. The van der Waals surface area contributed by atoms with Gasteiger partial charge < -0.3 is 24.2 Å². The molecule has 0 atom stereocenters. The van der Waals surface area contributed by atoms with Crippen molar-refractivity contribution in [1.29, 1.82) is 0 Å². The van der Waals surface area contributed by atoms with Crippen LogP contribution in [-0.2, 0) is 17.9 Å². The van der Waals surface area contributed by atoms with E-state index in [0.29, 0.717) is 23.7 Å². The predicted molar refractivity (Wildman–Crippen MR) is 138 cm³/mol. The number of hydrogen-bond donors (Lipinski definition) is 1. The van der Waals surface area contributed by atoms with E-state index < -0.39 is 0 Å². The van der Waals surface area contributed by atoms with Gasteiger partial charge in [0.2, 0.25) is 0 Å². The van der Waals surface area contributed by atoms with E-state index in [9.17, 15) is 9.90 Å². The van der Waals surface area contributed by atoms with Crippen LogP contribution in [-0.4, -0.2) is 60.4 Å². The predicted octanol–water partition coefficient (Wildman–Crippen LogP) is 4.26. The molecular weight excluding hydrogens is 458 g/mol. The highest BCUT2D eigenvalue weighted by atomic mass is 16.5. The van der Waals surface area contributed by atoms with Crippen molar-refractivity contribution < 1.29 is 24.1 Å². The van der Waals surface area contributed by atoms with Crippen LogP contribution < -0.4 is 14.4 Å². The first-order chi connectivity index (χ1) is 17.4. The van der Waals surface area contributed by atoms with Crippen LogP contribution in [0.1, 0.15) is 35.3 Å². The number of pyridine rings is 1. The van der Waals surface area contributed by atoms with Crippen molar-refractivity contribution in [2.75, 3.05) is 38.2 Å². The quantitative estimate of drug-likeness (QED) is 0.445. The molecule has 0 radical (unpaired) electrons. The molecule has 0 bridgehead atoms. The van der Waals surface area contributed by atoms with Gasteiger partial charge in [-0.1, -0.05) is 12.1 Å². The first kappa shape index (κ1) is 25.3. The van der Waals surface area contributed by atoms with Crippen molar-refractivity contribution in [3.63, 3.8) is 0 Å². The fraction of sp³-hybridized carbons (Fsp3) is 0.357. The molecular formula is C28H33N3O5. The number of rotatable bonds is 9. The lowest BCUT2D eigenvalue weighted by Gasteiger charge is -2.36. The molecule has 4 rings (SSSR count). The molecule has 0 saturated carbocycles. The number of hydrogen-bond acceptors (Lipinski definition) is 8. The van der Waals surface area contributed by atoms with E-state index in [4.69, 9.17) is 14.2 Å². The Balaban J connectivity index is 1.33. The second kappa shape index (κ2) is 11.8. The SMILES string of the molecule is COc1cc(O)ccc1COc1cccc(CN2CCN(c3ncccc3C(=O)OC(C)C)CC2)c1. The Kier molecular flexibility index (Phi) is 8.28. The zero-order chi connectivity index (χ0) is 25.5. The van der Waals surface area contributed by atoms with E-state index in [1.54, 1.807) is 43.6 Å². The van der Waals surface area contributed by atoms with Crippen LogP contribution in [0.4, 0.5) is 5.82 Å². The Morgan fingerprint density at radius 2 is 1.86 bits per heavy atom. The molecule has 1 aliphatic rings. The Bertz CT molecular complexity index is 1180. The number of methoxy groups -OCH3 is 1. The number of phenols is 1. The summed E-state index contributed by atoms with van der Waals surface area (Å²) in [5.74, 6) is 1.88. The van der Waals surface area contributed by atoms with Crippen molar-refractivity contribution >= 4 is 11.8 Å². The minimum absolute atomic E-state index is 0.160. The smallest absolute Gasteiger partial charge is 0.342 e. The molecule has 3 aromatic rings. The number of piperazine rings is 1. The Labute approximate surface area is 212 Å². The van der Waals surface area contributed by atoms with Gasteiger partial charge in [-0.25, -0.2) is 9.78 Å². The van der Waals surface area contributed by atoms with Gasteiger partial charge in [0.25, 0.3) is 0 Å². The number of anilines is 1. The van der Waals surface area contributed by atoms with E-state index in [1.807, 2.05) is 26.0 Å². The van der Waals surface area contributed by atoms with Gasteiger partial charge >= 0.3 is 5.97 Å². The van der Waals surface area contributed by atoms with Gasteiger partial charge in [0.05, 0.1) is 13.2 Å². The molecule has 36 heavy (non-hydrogen) atoms. The number of benzene rings is 2. The van der Waals surface area contributed by atoms with Gasteiger partial charge in [0.1, 0.15) is 35.2 Å². The van der Waals surface area contributed by atoms with Crippen LogP contribution in [0, 0.1) is 0 Å². The first-order valence-electron chi connectivity index (χ1n) is 12.1. The van der Waals surface area contributed by atoms with Gasteiger partial charge in [-0.05, 0) is 55.8 Å². The average molecular weight is 492 g/mol. The van der Waals surface area contributed by atoms with Crippen molar-refractivity contribution in [3.8, 4) is 17.2 Å². The Morgan fingerprint density at radius 3 is 2.61 bits per heavy atom. The van der Waals surface area contributed by atoms with Crippen molar-refractivity contribution in [2.45, 2.75) is 33.1 Å². The first-order valence-corrected chi connectivity index (χ1v) is 12.1. The Hall–Kier alpha value is -3.78. The maximum atomic E-state index is 12.5. The van der Waals surface area contributed by atoms with E-state index in [1.165, 1.54) is 0 Å². The summed E-state index contributed by atoms with van der Waals surface area (Å²) in [6.45, 7) is 8.09. The van der Waals surface area contributed by atoms with Crippen LogP contribution in [0.15, 0.2) is 60.8 Å². The van der Waals surface area contributed by atoms with Crippen molar-refractivity contribution in [2.24, 2.45) is 0 Å². The highest BCUT2D eigenvalue weighted by molar-refractivity contribution is 5.94. The highest BCUT2D eigenvalue weighted by Gasteiger charge is 2.23. The Morgan fingerprint density at radius 1 is 1.06 bits per heavy atom. The molecule has 0 aliphatic carbocycles. The summed E-state index contributed by atoms with van der Waals surface area (Å²) >= 11 is 0. The van der Waals surface area contributed by atoms with Gasteiger partial charge in [0, 0.05) is 50.6 Å². The van der Waals surface area contributed by atoms with Crippen LogP contribution in [0.3, 0.4) is 0 Å². The lowest BCUT2D eigenvalue weighted by molar-refractivity contribution is 0.0378. The lowest BCUT2D eigenvalue weighted by atomic mass is 10.1. The van der Waals surface area contributed by atoms with Crippen molar-refractivity contribution in [3.05, 3.63) is 77.5 Å². The number of aromatic nitrogens is 1. The third kappa shape index (κ3) is 6.46. The van der Waals surface area contributed by atoms with Crippen molar-refractivity contribution in [1.82, 2.24) is 9.88 Å². The van der Waals surface area contributed by atoms with Gasteiger partial charge in [-0.3, -0.25) is 4.90 Å². The van der Waals surface area contributed by atoms with E-state index in [-0.39, 0.29) is 17.8 Å². The summed E-state index contributed by atoms with van der Waals surface area (Å²) < 4.78 is 16.7. The third-order valence-electron chi connectivity index (χ3n) is 5.99. The zero-order valence-corrected chi connectivity index (χ0v) is 21.0. The molecule has 1 aliphatic heterocycles. The normalized spacial score (nSPS) is 14.1. The van der Waals surface area contributed by atoms with E-state index in [2.05, 4.69) is 26.9 Å². The molecule has 2 aromatic carbocycles. The minimum atomic E-state index is -0.336. The second-order valence-corrected chi connectivity index (χ2v) is 9.02. The van der Waals surface area contributed by atoms with Gasteiger partial charge in [-0.2, -0.15) is 0 Å². The van der Waals surface area contributed by atoms with E-state index >= 15 is 0 Å². The lowest BCUT2D eigenvalue weighted by Crippen LogP contribution is -2.46. The zero-order valence-electron chi connectivity index (χ0n) is 21.0. The molecule has 0 spiro atoms. The molecule has 2 heterocycles. The van der Waals surface area contributed by atoms with Crippen LogP contribution in [0.25, 0.3) is 0 Å². The fourth-order valence-electron chi connectivity index (χ4n) is 4.21. The largest absolute Gasteiger partial charge is 0.508 e. The standard InChI is InChI=1S/C28H33N3O5/c1-20(2)36-28(33)25-8-5-11-29-27(25)31-14-12-30(13-15-31)18-21-6-4-7-24(16-21)35-19-22-9-10-23(32)17-26(22)34-3/h4-11,16-17,20,32H,12-15,18-19H2,1-3H3. The molecule has 1 saturated heterocycles. The number of carbonyl (C=O) groups excluding carboxylic acids is 1. The fourth-order valence-corrected chi connectivity index (χ4v) is 4.21. The average Bonchev–Trinajstić information content (AvgIpc) is 2.88. The molecule has 8 nitrogen and oxygen atoms in total. The monoisotopic (exact) mass is 491 g/mol. The molecule has 1 fully saturated rings. The molecule has 0 amide bonds.